The molecule has 2 heterocycles. The smallest absolute Gasteiger partial charge is 0.423 e. The molecule has 10 nitrogen and oxygen atoms in total. The molecular formula is C24H25N5O5S. The molecule has 1 atom stereocenters. The van der Waals surface area contributed by atoms with Crippen LogP contribution in [0.15, 0.2) is 53.5 Å². The molecule has 11 heteroatoms. The number of ether oxygens (including phenoxy) is 1. The number of aliphatic imine (C=N–C) groups is 1. The van der Waals surface area contributed by atoms with Gasteiger partial charge in [0.1, 0.15) is 6.04 Å². The molecule has 4 rings (SSSR count). The van der Waals surface area contributed by atoms with Crippen LogP contribution in [-0.2, 0) is 20.7 Å². The van der Waals surface area contributed by atoms with E-state index in [2.05, 4.69) is 20.6 Å². The number of nitrogens with zero attached hydrogens (tertiary/aromatic N) is 3. The number of thiazole rings is 1. The summed E-state index contributed by atoms with van der Waals surface area (Å²) < 4.78 is 6.11. The summed E-state index contributed by atoms with van der Waals surface area (Å²) in [6, 6.07) is 14.6. The van der Waals surface area contributed by atoms with E-state index in [1.165, 1.54) is 0 Å². The van der Waals surface area contributed by atoms with Gasteiger partial charge in [-0.15, -0.1) is 0 Å². The van der Waals surface area contributed by atoms with Crippen LogP contribution in [0.2, 0.25) is 0 Å². The van der Waals surface area contributed by atoms with Gasteiger partial charge in [-0.05, 0) is 49.6 Å². The first-order valence-electron chi connectivity index (χ1n) is 11.2. The molecule has 1 aromatic heterocycles. The van der Waals surface area contributed by atoms with E-state index in [1.54, 1.807) is 18.3 Å². The molecule has 0 fully saturated rings. The molecule has 1 aliphatic heterocycles. The third-order valence-electron chi connectivity index (χ3n) is 5.27. The number of carbonyl (C=O) groups excluding carboxylic acids is 2. The lowest BCUT2D eigenvalue weighted by atomic mass is 10.1. The number of guanidine groups is 1. The quantitative estimate of drug-likeness (QED) is 0.406. The van der Waals surface area contributed by atoms with E-state index in [4.69, 9.17) is 9.84 Å². The van der Waals surface area contributed by atoms with Crippen LogP contribution >= 0.6 is 11.3 Å². The van der Waals surface area contributed by atoms with E-state index in [0.29, 0.717) is 5.69 Å². The number of imide groups is 1. The van der Waals surface area contributed by atoms with Crippen LogP contribution < -0.4 is 10.6 Å². The second-order valence-electron chi connectivity index (χ2n) is 7.76. The number of benzene rings is 2. The van der Waals surface area contributed by atoms with Crippen molar-refractivity contribution in [2.75, 3.05) is 23.8 Å². The Kier molecular flexibility index (Phi) is 7.56. The van der Waals surface area contributed by atoms with Gasteiger partial charge in [0.25, 0.3) is 5.91 Å². The molecule has 0 aliphatic carbocycles. The second kappa shape index (κ2) is 11.0. The number of amides is 2. The fourth-order valence-electron chi connectivity index (χ4n) is 3.56. The Hall–Kier alpha value is -3.99. The minimum absolute atomic E-state index is 0.00412. The molecular weight excluding hydrogens is 470 g/mol. The molecule has 2 amide bonds. The molecule has 0 saturated heterocycles. The highest BCUT2D eigenvalue weighted by molar-refractivity contribution is 7.22. The number of anilines is 2. The fraction of sp³-hybridized carbons (Fsp3) is 0.292. The van der Waals surface area contributed by atoms with Gasteiger partial charge in [-0.3, -0.25) is 9.59 Å². The number of carbonyl (C=O) groups is 3. The van der Waals surface area contributed by atoms with Gasteiger partial charge in [-0.25, -0.2) is 14.8 Å². The number of para-hydroxylation sites is 1. The summed E-state index contributed by atoms with van der Waals surface area (Å²) in [5, 5.41) is 16.1. The molecule has 0 spiro atoms. The Morgan fingerprint density at radius 1 is 1.17 bits per heavy atom. The number of carboxylic acids is 1. The topological polar surface area (TPSA) is 133 Å². The molecule has 35 heavy (non-hydrogen) atoms. The Morgan fingerprint density at radius 3 is 2.66 bits per heavy atom. The lowest BCUT2D eigenvalue weighted by molar-refractivity contribution is -0.137. The highest BCUT2D eigenvalue weighted by atomic mass is 32.1. The molecule has 3 N–H and O–H groups in total. The van der Waals surface area contributed by atoms with Gasteiger partial charge in [0, 0.05) is 18.7 Å². The van der Waals surface area contributed by atoms with E-state index in [1.807, 2.05) is 48.5 Å². The lowest BCUT2D eigenvalue weighted by Crippen LogP contribution is -2.43. The maximum atomic E-state index is 12.6. The minimum atomic E-state index is -1.04. The zero-order chi connectivity index (χ0) is 24.8. The highest BCUT2D eigenvalue weighted by Gasteiger charge is 2.40. The molecule has 2 aromatic carbocycles. The summed E-state index contributed by atoms with van der Waals surface area (Å²) in [6.45, 7) is 2.44. The maximum absolute atomic E-state index is 12.6. The van der Waals surface area contributed by atoms with Gasteiger partial charge < -0.3 is 20.5 Å². The third-order valence-corrected chi connectivity index (χ3v) is 6.27. The van der Waals surface area contributed by atoms with E-state index in [-0.39, 0.29) is 25.4 Å². The van der Waals surface area contributed by atoms with E-state index in [0.717, 1.165) is 38.8 Å². The number of nitrogens with one attached hydrogen (secondary N) is 2. The zero-order valence-electron chi connectivity index (χ0n) is 19.1. The molecule has 0 radical (unpaired) electrons. The monoisotopic (exact) mass is 495 g/mol. The highest BCUT2D eigenvalue weighted by Crippen LogP contribution is 2.25. The van der Waals surface area contributed by atoms with E-state index >= 15 is 0 Å². The fourth-order valence-corrected chi connectivity index (χ4v) is 4.45. The SMILES string of the molecule is CCOC(=O)N1C(=O)[C@H](CCC(=O)O)N=C1Nc1ccc(CCNc2nc3ccccc3s2)cc1. The number of aromatic nitrogens is 1. The van der Waals surface area contributed by atoms with Crippen LogP contribution in [0.4, 0.5) is 15.6 Å². The van der Waals surface area contributed by atoms with Crippen molar-refractivity contribution in [3.05, 3.63) is 54.1 Å². The van der Waals surface area contributed by atoms with Gasteiger partial charge in [0.05, 0.1) is 16.8 Å². The van der Waals surface area contributed by atoms with Gasteiger partial charge in [-0.1, -0.05) is 35.6 Å². The first-order valence-corrected chi connectivity index (χ1v) is 12.0. The van der Waals surface area contributed by atoms with Crippen molar-refractivity contribution in [1.29, 1.82) is 0 Å². The van der Waals surface area contributed by atoms with Crippen molar-refractivity contribution in [1.82, 2.24) is 9.88 Å². The predicted octanol–water partition coefficient (Wildman–Crippen LogP) is 3.95. The average molecular weight is 496 g/mol. The van der Waals surface area contributed by atoms with Crippen molar-refractivity contribution < 1.29 is 24.2 Å². The van der Waals surface area contributed by atoms with Crippen LogP contribution in [-0.4, -0.2) is 58.1 Å². The first-order chi connectivity index (χ1) is 16.9. The van der Waals surface area contributed by atoms with Crippen molar-refractivity contribution in [3.8, 4) is 0 Å². The molecule has 182 valence electrons. The molecule has 0 saturated carbocycles. The van der Waals surface area contributed by atoms with Crippen molar-refractivity contribution in [2.24, 2.45) is 4.99 Å². The molecule has 0 unspecified atom stereocenters. The van der Waals surface area contributed by atoms with Crippen LogP contribution in [0, 0.1) is 0 Å². The van der Waals surface area contributed by atoms with Crippen molar-refractivity contribution in [2.45, 2.75) is 32.2 Å². The predicted molar refractivity (Wildman–Crippen MR) is 134 cm³/mol. The van der Waals surface area contributed by atoms with E-state index in [9.17, 15) is 14.4 Å². The Balaban J connectivity index is 1.37. The van der Waals surface area contributed by atoms with Gasteiger partial charge in [0.2, 0.25) is 5.96 Å². The summed E-state index contributed by atoms with van der Waals surface area (Å²) in [6.07, 6.45) is -0.305. The standard InChI is InChI=1S/C24H25N5O5S/c1-2-34-24(33)29-21(32)18(11-12-20(30)31)27-22(29)26-16-9-7-15(8-10-16)13-14-25-23-28-17-5-3-4-6-19(17)35-23/h3-10,18H,2,11-14H2,1H3,(H,25,28)(H,26,27)(H,30,31)/t18-/m0/s1. The number of hydrogen-bond donors (Lipinski definition) is 3. The van der Waals surface area contributed by atoms with E-state index < -0.39 is 24.0 Å². The molecule has 0 bridgehead atoms. The largest absolute Gasteiger partial charge is 0.481 e. The van der Waals surface area contributed by atoms with Crippen molar-refractivity contribution >= 4 is 56.3 Å². The third kappa shape index (κ3) is 5.93. The maximum Gasteiger partial charge on any atom is 0.423 e. The second-order valence-corrected chi connectivity index (χ2v) is 8.79. The summed E-state index contributed by atoms with van der Waals surface area (Å²) >= 11 is 1.62. The number of fused-ring (bicyclic) bond motifs is 1. The Bertz CT molecular complexity index is 1220. The number of aliphatic carboxylic acids is 1. The summed E-state index contributed by atoms with van der Waals surface area (Å²) in [7, 11) is 0. The van der Waals surface area contributed by atoms with Gasteiger partial charge in [0.15, 0.2) is 5.13 Å². The zero-order valence-corrected chi connectivity index (χ0v) is 19.9. The van der Waals surface area contributed by atoms with Crippen molar-refractivity contribution in [3.63, 3.8) is 0 Å². The van der Waals surface area contributed by atoms with Crippen LogP contribution in [0.25, 0.3) is 10.2 Å². The average Bonchev–Trinajstić information content (AvgIpc) is 3.39. The Labute approximate surface area is 205 Å². The van der Waals surface area contributed by atoms with Gasteiger partial charge in [-0.2, -0.15) is 4.90 Å². The number of rotatable bonds is 9. The first kappa shape index (κ1) is 24.1. The van der Waals surface area contributed by atoms with Crippen LogP contribution in [0.3, 0.4) is 0 Å². The molecule has 1 aliphatic rings. The Morgan fingerprint density at radius 2 is 1.94 bits per heavy atom. The number of hydrogen-bond acceptors (Lipinski definition) is 9. The minimum Gasteiger partial charge on any atom is -0.481 e. The summed E-state index contributed by atoms with van der Waals surface area (Å²) in [5.74, 6) is -1.62. The summed E-state index contributed by atoms with van der Waals surface area (Å²) in [4.78, 5) is 45.5. The van der Waals surface area contributed by atoms with Gasteiger partial charge >= 0.3 is 12.1 Å². The van der Waals surface area contributed by atoms with Crippen LogP contribution in [0.1, 0.15) is 25.3 Å². The number of carboxylic acid groups (broad SMARTS) is 1. The van der Waals surface area contributed by atoms with Crippen LogP contribution in [0.5, 0.6) is 0 Å². The molecule has 3 aromatic rings. The lowest BCUT2D eigenvalue weighted by Gasteiger charge is -2.17. The summed E-state index contributed by atoms with van der Waals surface area (Å²) in [5.41, 5.74) is 2.70. The normalized spacial score (nSPS) is 15.2.